The summed E-state index contributed by atoms with van der Waals surface area (Å²) in [6, 6.07) is 7.32. The van der Waals surface area contributed by atoms with Crippen molar-refractivity contribution >= 4 is 29.1 Å². The SMILES string of the molecule is Cc1cc(C(=O)N2CCN(C)CC2)nc(Nc2cc(Cl)ccc2C)n1. The normalized spacial score (nSPS) is 15.3. The van der Waals surface area contributed by atoms with Crippen molar-refractivity contribution in [1.82, 2.24) is 19.8 Å². The summed E-state index contributed by atoms with van der Waals surface area (Å²) in [5, 5.41) is 3.81. The molecule has 1 fully saturated rings. The average molecular weight is 360 g/mol. The summed E-state index contributed by atoms with van der Waals surface area (Å²) in [5.41, 5.74) is 3.02. The molecule has 1 aliphatic heterocycles. The molecule has 2 aromatic rings. The monoisotopic (exact) mass is 359 g/mol. The van der Waals surface area contributed by atoms with E-state index in [1.807, 2.05) is 36.9 Å². The zero-order valence-electron chi connectivity index (χ0n) is 14.7. The second kappa shape index (κ2) is 7.37. The largest absolute Gasteiger partial charge is 0.335 e. The summed E-state index contributed by atoms with van der Waals surface area (Å²) >= 11 is 6.06. The van der Waals surface area contributed by atoms with Crippen molar-refractivity contribution in [3.05, 3.63) is 46.2 Å². The van der Waals surface area contributed by atoms with Gasteiger partial charge in [-0.05, 0) is 44.7 Å². The number of hydrogen-bond acceptors (Lipinski definition) is 5. The van der Waals surface area contributed by atoms with Crippen LogP contribution < -0.4 is 5.32 Å². The van der Waals surface area contributed by atoms with Gasteiger partial charge in [0.25, 0.3) is 5.91 Å². The Labute approximate surface area is 152 Å². The van der Waals surface area contributed by atoms with Gasteiger partial charge in [-0.2, -0.15) is 0 Å². The number of aromatic nitrogens is 2. The molecule has 0 bridgehead atoms. The molecule has 1 aliphatic rings. The number of benzene rings is 1. The Balaban J connectivity index is 1.83. The Morgan fingerprint density at radius 2 is 1.84 bits per heavy atom. The summed E-state index contributed by atoms with van der Waals surface area (Å²) in [6.07, 6.45) is 0. The number of aryl methyl sites for hydroxylation is 2. The molecule has 0 aliphatic carbocycles. The third kappa shape index (κ3) is 4.27. The van der Waals surface area contributed by atoms with Gasteiger partial charge in [-0.1, -0.05) is 17.7 Å². The topological polar surface area (TPSA) is 61.4 Å². The fourth-order valence-electron chi connectivity index (χ4n) is 2.75. The Kier molecular flexibility index (Phi) is 5.20. The lowest BCUT2D eigenvalue weighted by Crippen LogP contribution is -2.47. The number of halogens is 1. The van der Waals surface area contributed by atoms with Crippen LogP contribution in [0, 0.1) is 13.8 Å². The van der Waals surface area contributed by atoms with E-state index in [0.717, 1.165) is 30.0 Å². The quantitative estimate of drug-likeness (QED) is 0.913. The summed E-state index contributed by atoms with van der Waals surface area (Å²) < 4.78 is 0. The molecule has 3 rings (SSSR count). The van der Waals surface area contributed by atoms with E-state index in [4.69, 9.17) is 11.6 Å². The Morgan fingerprint density at radius 1 is 1.12 bits per heavy atom. The molecule has 6 nitrogen and oxygen atoms in total. The second-order valence-electron chi connectivity index (χ2n) is 6.40. The van der Waals surface area contributed by atoms with Gasteiger partial charge in [-0.25, -0.2) is 9.97 Å². The van der Waals surface area contributed by atoms with Crippen molar-refractivity contribution in [3.8, 4) is 0 Å². The predicted octanol–water partition coefficient (Wildman–Crippen LogP) is 2.88. The van der Waals surface area contributed by atoms with Crippen LogP contribution in [0.2, 0.25) is 5.02 Å². The summed E-state index contributed by atoms with van der Waals surface area (Å²) in [5.74, 6) is 0.354. The molecular formula is C18H22ClN5O. The number of nitrogens with one attached hydrogen (secondary N) is 1. The molecular weight excluding hydrogens is 338 g/mol. The van der Waals surface area contributed by atoms with Crippen LogP contribution in [0.25, 0.3) is 0 Å². The van der Waals surface area contributed by atoms with Gasteiger partial charge >= 0.3 is 0 Å². The van der Waals surface area contributed by atoms with Crippen molar-refractivity contribution in [2.45, 2.75) is 13.8 Å². The van der Waals surface area contributed by atoms with E-state index in [0.29, 0.717) is 29.8 Å². The minimum absolute atomic E-state index is 0.0514. The summed E-state index contributed by atoms with van der Waals surface area (Å²) in [4.78, 5) is 25.6. The van der Waals surface area contributed by atoms with Gasteiger partial charge in [0.15, 0.2) is 0 Å². The molecule has 1 aromatic heterocycles. The van der Waals surface area contributed by atoms with Crippen LogP contribution in [0.4, 0.5) is 11.6 Å². The highest BCUT2D eigenvalue weighted by Gasteiger charge is 2.22. The molecule has 1 aromatic carbocycles. The Morgan fingerprint density at radius 3 is 2.56 bits per heavy atom. The van der Waals surface area contributed by atoms with Crippen LogP contribution in [0.3, 0.4) is 0 Å². The van der Waals surface area contributed by atoms with Crippen molar-refractivity contribution in [3.63, 3.8) is 0 Å². The number of piperazine rings is 1. The van der Waals surface area contributed by atoms with E-state index in [-0.39, 0.29) is 5.91 Å². The molecule has 0 unspecified atom stereocenters. The van der Waals surface area contributed by atoms with Crippen LogP contribution in [0.15, 0.2) is 24.3 Å². The van der Waals surface area contributed by atoms with E-state index in [2.05, 4.69) is 27.2 Å². The minimum atomic E-state index is -0.0514. The first-order valence-electron chi connectivity index (χ1n) is 8.29. The van der Waals surface area contributed by atoms with Crippen molar-refractivity contribution < 1.29 is 4.79 Å². The first-order valence-corrected chi connectivity index (χ1v) is 8.67. The van der Waals surface area contributed by atoms with Gasteiger partial charge in [0.1, 0.15) is 5.69 Å². The van der Waals surface area contributed by atoms with Gasteiger partial charge in [0.2, 0.25) is 5.95 Å². The Hall–Kier alpha value is -2.18. The lowest BCUT2D eigenvalue weighted by molar-refractivity contribution is 0.0658. The maximum Gasteiger partial charge on any atom is 0.272 e. The number of likely N-dealkylation sites (N-methyl/N-ethyl adjacent to an activating group) is 1. The molecule has 7 heteroatoms. The van der Waals surface area contributed by atoms with Gasteiger partial charge in [-0.3, -0.25) is 4.79 Å². The molecule has 0 atom stereocenters. The lowest BCUT2D eigenvalue weighted by Gasteiger charge is -2.32. The molecule has 1 N–H and O–H groups in total. The molecule has 0 saturated carbocycles. The van der Waals surface area contributed by atoms with Crippen LogP contribution in [-0.2, 0) is 0 Å². The zero-order chi connectivity index (χ0) is 18.0. The first-order chi connectivity index (χ1) is 11.9. The molecule has 2 heterocycles. The van der Waals surface area contributed by atoms with Crippen LogP contribution in [0.5, 0.6) is 0 Å². The number of anilines is 2. The molecule has 0 spiro atoms. The zero-order valence-corrected chi connectivity index (χ0v) is 15.5. The van der Waals surface area contributed by atoms with Crippen LogP contribution >= 0.6 is 11.6 Å². The fourth-order valence-corrected chi connectivity index (χ4v) is 2.93. The van der Waals surface area contributed by atoms with Gasteiger partial charge < -0.3 is 15.1 Å². The summed E-state index contributed by atoms with van der Waals surface area (Å²) in [6.45, 7) is 7.03. The number of carbonyl (C=O) groups excluding carboxylic acids is 1. The maximum atomic E-state index is 12.8. The van der Waals surface area contributed by atoms with Gasteiger partial charge in [0.05, 0.1) is 0 Å². The number of rotatable bonds is 3. The van der Waals surface area contributed by atoms with Gasteiger partial charge in [-0.15, -0.1) is 0 Å². The van der Waals surface area contributed by atoms with Crippen LogP contribution in [0.1, 0.15) is 21.7 Å². The van der Waals surface area contributed by atoms with Crippen LogP contribution in [-0.4, -0.2) is 58.9 Å². The molecule has 1 saturated heterocycles. The molecule has 1 amide bonds. The van der Waals surface area contributed by atoms with E-state index < -0.39 is 0 Å². The summed E-state index contributed by atoms with van der Waals surface area (Å²) in [7, 11) is 2.06. The predicted molar refractivity (Wildman–Crippen MR) is 99.6 cm³/mol. The highest BCUT2D eigenvalue weighted by atomic mass is 35.5. The number of carbonyl (C=O) groups is 1. The number of amides is 1. The van der Waals surface area contributed by atoms with E-state index in [1.165, 1.54) is 0 Å². The molecule has 25 heavy (non-hydrogen) atoms. The third-order valence-corrected chi connectivity index (χ3v) is 4.55. The highest BCUT2D eigenvalue weighted by molar-refractivity contribution is 6.30. The average Bonchev–Trinajstić information content (AvgIpc) is 2.58. The number of hydrogen-bond donors (Lipinski definition) is 1. The fraction of sp³-hybridized carbons (Fsp3) is 0.389. The van der Waals surface area contributed by atoms with E-state index in [1.54, 1.807) is 6.07 Å². The third-order valence-electron chi connectivity index (χ3n) is 4.31. The highest BCUT2D eigenvalue weighted by Crippen LogP contribution is 2.23. The van der Waals surface area contributed by atoms with Gasteiger partial charge in [0, 0.05) is 42.6 Å². The molecule has 132 valence electrons. The standard InChI is InChI=1S/C18H22ClN5O/c1-12-4-5-14(19)11-15(12)21-18-20-13(2)10-16(22-18)17(25)24-8-6-23(3)7-9-24/h4-5,10-11H,6-9H2,1-3H3,(H,20,21,22). The van der Waals surface area contributed by atoms with Crippen molar-refractivity contribution in [2.75, 3.05) is 38.5 Å². The minimum Gasteiger partial charge on any atom is -0.335 e. The number of nitrogens with zero attached hydrogens (tertiary/aromatic N) is 4. The first kappa shape index (κ1) is 17.6. The Bertz CT molecular complexity index is 787. The maximum absolute atomic E-state index is 12.8. The lowest BCUT2D eigenvalue weighted by atomic mass is 10.2. The smallest absolute Gasteiger partial charge is 0.272 e. The van der Waals surface area contributed by atoms with E-state index in [9.17, 15) is 4.79 Å². The van der Waals surface area contributed by atoms with Crippen molar-refractivity contribution in [2.24, 2.45) is 0 Å². The van der Waals surface area contributed by atoms with Crippen molar-refractivity contribution in [1.29, 1.82) is 0 Å². The van der Waals surface area contributed by atoms with E-state index >= 15 is 0 Å². The molecule has 0 radical (unpaired) electrons. The second-order valence-corrected chi connectivity index (χ2v) is 6.83.